The van der Waals surface area contributed by atoms with Crippen molar-refractivity contribution in [2.24, 2.45) is 0 Å². The van der Waals surface area contributed by atoms with Crippen molar-refractivity contribution in [3.8, 4) is 5.75 Å². The Kier molecular flexibility index (Phi) is 8.00. The van der Waals surface area contributed by atoms with Crippen LogP contribution in [-0.2, 0) is 32.3 Å². The van der Waals surface area contributed by atoms with Gasteiger partial charge in [-0.1, -0.05) is 6.07 Å². The lowest BCUT2D eigenvalue weighted by atomic mass is 10.1. The van der Waals surface area contributed by atoms with Crippen molar-refractivity contribution < 1.29 is 40.7 Å². The first-order chi connectivity index (χ1) is 17.2. The molecule has 1 aliphatic heterocycles. The fraction of sp³-hybridized carbons (Fsp3) is 0.273. The molecule has 3 rings (SSSR count). The minimum atomic E-state index is -4.78. The number of hydrogen-bond acceptors (Lipinski definition) is 9. The molecule has 0 saturated carbocycles. The summed E-state index contributed by atoms with van der Waals surface area (Å²) in [6.45, 7) is 1.26. The van der Waals surface area contributed by atoms with Gasteiger partial charge in [-0.15, -0.1) is 5.53 Å². The van der Waals surface area contributed by atoms with Gasteiger partial charge in [-0.3, -0.25) is 15.2 Å². The van der Waals surface area contributed by atoms with Crippen LogP contribution in [0.15, 0.2) is 42.2 Å². The van der Waals surface area contributed by atoms with E-state index in [2.05, 4.69) is 25.7 Å². The topological polar surface area (TPSA) is 138 Å². The largest absolute Gasteiger partial charge is 0.494 e. The number of methoxy groups -OCH3 is 2. The van der Waals surface area contributed by atoms with Crippen molar-refractivity contribution in [1.82, 2.24) is 15.7 Å². The summed E-state index contributed by atoms with van der Waals surface area (Å²) in [4.78, 5) is 24.8. The summed E-state index contributed by atoms with van der Waals surface area (Å²) in [5, 5.41) is 3.84. The van der Waals surface area contributed by atoms with E-state index in [4.69, 9.17) is 4.74 Å². The summed E-state index contributed by atoms with van der Waals surface area (Å²) in [5.41, 5.74) is 5.18. The number of carbonyl (C=O) groups is 2. The number of aryl methyl sites for hydroxylation is 1. The zero-order valence-corrected chi connectivity index (χ0v) is 20.9. The molecule has 0 aliphatic carbocycles. The molecule has 2 aromatic rings. The average molecular weight is 544 g/mol. The van der Waals surface area contributed by atoms with Crippen molar-refractivity contribution in [1.29, 1.82) is 0 Å². The van der Waals surface area contributed by atoms with E-state index in [1.165, 1.54) is 37.6 Å². The predicted octanol–water partition coefficient (Wildman–Crippen LogP) is 2.17. The molecule has 0 spiro atoms. The van der Waals surface area contributed by atoms with Crippen molar-refractivity contribution in [2.45, 2.75) is 19.6 Å². The third-order valence-corrected chi connectivity index (χ3v) is 5.84. The van der Waals surface area contributed by atoms with Gasteiger partial charge in [0.2, 0.25) is 10.0 Å². The van der Waals surface area contributed by atoms with Gasteiger partial charge in [0.1, 0.15) is 5.75 Å². The van der Waals surface area contributed by atoms with E-state index in [1.54, 1.807) is 13.0 Å². The van der Waals surface area contributed by atoms with Crippen LogP contribution < -0.4 is 30.7 Å². The van der Waals surface area contributed by atoms with Gasteiger partial charge in [-0.25, -0.2) is 17.9 Å². The molecular formula is C22H24F3N5O6S. The molecule has 200 valence electrons. The molecule has 37 heavy (non-hydrogen) atoms. The number of rotatable bonds is 8. The van der Waals surface area contributed by atoms with Gasteiger partial charge in [0.25, 0.3) is 5.91 Å². The van der Waals surface area contributed by atoms with Crippen molar-refractivity contribution in [3.63, 3.8) is 0 Å². The second-order valence-corrected chi connectivity index (χ2v) is 9.74. The Morgan fingerprint density at radius 1 is 1.14 bits per heavy atom. The van der Waals surface area contributed by atoms with E-state index in [0.29, 0.717) is 17.3 Å². The van der Waals surface area contributed by atoms with Gasteiger partial charge < -0.3 is 14.8 Å². The van der Waals surface area contributed by atoms with Crippen LogP contribution in [0.2, 0.25) is 0 Å². The van der Waals surface area contributed by atoms with Crippen LogP contribution in [0.25, 0.3) is 0 Å². The third kappa shape index (κ3) is 6.69. The maximum atomic E-state index is 13.6. The van der Waals surface area contributed by atoms with Gasteiger partial charge >= 0.3 is 12.1 Å². The summed E-state index contributed by atoms with van der Waals surface area (Å²) in [5.74, 6) is -1.52. The molecule has 11 nitrogen and oxygen atoms in total. The van der Waals surface area contributed by atoms with E-state index in [1.807, 2.05) is 0 Å². The van der Waals surface area contributed by atoms with Crippen molar-refractivity contribution >= 4 is 33.3 Å². The molecule has 0 atom stereocenters. The molecule has 1 amide bonds. The number of nitrogens with one attached hydrogen (secondary N) is 4. The quantitative estimate of drug-likeness (QED) is 0.369. The Balaban J connectivity index is 1.97. The molecule has 2 aromatic carbocycles. The summed E-state index contributed by atoms with van der Waals surface area (Å²) < 4.78 is 75.6. The van der Waals surface area contributed by atoms with E-state index in [-0.39, 0.29) is 28.3 Å². The highest BCUT2D eigenvalue weighted by Gasteiger charge is 2.33. The van der Waals surface area contributed by atoms with Crippen LogP contribution in [-0.4, -0.2) is 40.8 Å². The average Bonchev–Trinajstić information content (AvgIpc) is 3.31. The van der Waals surface area contributed by atoms with Gasteiger partial charge in [0, 0.05) is 17.7 Å². The molecule has 15 heteroatoms. The summed E-state index contributed by atoms with van der Waals surface area (Å²) in [6.07, 6.45) is -2.51. The number of hydrogen-bond donors (Lipinski definition) is 4. The number of nitrogens with zero attached hydrogens (tertiary/aromatic N) is 1. The summed E-state index contributed by atoms with van der Waals surface area (Å²) in [7, 11) is -1.33. The number of alkyl halides is 3. The number of esters is 1. The number of ether oxygens (including phenoxy) is 2. The highest BCUT2D eigenvalue weighted by atomic mass is 32.2. The zero-order valence-electron chi connectivity index (χ0n) is 20.1. The minimum Gasteiger partial charge on any atom is -0.494 e. The van der Waals surface area contributed by atoms with E-state index < -0.39 is 40.2 Å². The predicted molar refractivity (Wildman–Crippen MR) is 128 cm³/mol. The highest BCUT2D eigenvalue weighted by molar-refractivity contribution is 7.88. The van der Waals surface area contributed by atoms with E-state index >= 15 is 0 Å². The SMILES string of the molecule is COC(=O)C1=CN(c2cc(C(=O)Nc3cc(C(F)(F)F)cc(CNS(C)(=O)=O)c3OC)ccc2C)NN1. The molecule has 0 bridgehead atoms. The van der Waals surface area contributed by atoms with Gasteiger partial charge in [0.05, 0.1) is 43.6 Å². The van der Waals surface area contributed by atoms with Gasteiger partial charge in [-0.2, -0.15) is 13.2 Å². The molecule has 0 unspecified atom stereocenters. The van der Waals surface area contributed by atoms with E-state index in [9.17, 15) is 31.2 Å². The van der Waals surface area contributed by atoms with Crippen molar-refractivity contribution in [3.05, 3.63) is 64.5 Å². The second-order valence-electron chi connectivity index (χ2n) is 7.90. The standard InChI is InChI=1S/C22H24F3N5O6S/c1-12-5-6-13(8-18(12)30-11-17(28-29-30)21(32)36-3)20(31)27-16-9-15(22(23,24)25)7-14(19(16)35-2)10-26-37(4,33)34/h5-9,11,26,28-29H,10H2,1-4H3,(H,27,31). The summed E-state index contributed by atoms with van der Waals surface area (Å²) in [6, 6.07) is 5.98. The van der Waals surface area contributed by atoms with Gasteiger partial charge in [0.15, 0.2) is 5.70 Å². The van der Waals surface area contributed by atoms with Crippen LogP contribution in [0.3, 0.4) is 0 Å². The lowest BCUT2D eigenvalue weighted by Gasteiger charge is -2.20. The molecule has 1 heterocycles. The lowest BCUT2D eigenvalue weighted by Crippen LogP contribution is -2.37. The van der Waals surface area contributed by atoms with Crippen LogP contribution in [0.1, 0.15) is 27.0 Å². The molecule has 0 saturated heterocycles. The minimum absolute atomic E-state index is 0.0811. The van der Waals surface area contributed by atoms with Crippen LogP contribution in [0.5, 0.6) is 5.75 Å². The molecule has 4 N–H and O–H groups in total. The Hall–Kier alpha value is -3.82. The lowest BCUT2D eigenvalue weighted by molar-refractivity contribution is -0.138. The van der Waals surface area contributed by atoms with Crippen molar-refractivity contribution in [2.75, 3.05) is 30.8 Å². The first kappa shape index (κ1) is 27.8. The van der Waals surface area contributed by atoms with E-state index in [0.717, 1.165) is 12.3 Å². The first-order valence-corrected chi connectivity index (χ1v) is 12.4. The Morgan fingerprint density at radius 2 is 1.84 bits per heavy atom. The molecule has 0 radical (unpaired) electrons. The fourth-order valence-electron chi connectivity index (χ4n) is 3.39. The number of carbonyl (C=O) groups excluding carboxylic acids is 2. The maximum absolute atomic E-state index is 13.6. The van der Waals surface area contributed by atoms with Crippen LogP contribution in [0, 0.1) is 6.92 Å². The number of amides is 1. The highest BCUT2D eigenvalue weighted by Crippen LogP contribution is 2.38. The smallest absolute Gasteiger partial charge is 0.416 e. The van der Waals surface area contributed by atoms with Crippen LogP contribution >= 0.6 is 0 Å². The number of sulfonamides is 1. The molecule has 0 fully saturated rings. The molecule has 0 aromatic heterocycles. The summed E-state index contributed by atoms with van der Waals surface area (Å²) >= 11 is 0. The Morgan fingerprint density at radius 3 is 2.43 bits per heavy atom. The zero-order chi connectivity index (χ0) is 27.5. The monoisotopic (exact) mass is 543 g/mol. The Bertz CT molecular complexity index is 1360. The normalized spacial score (nSPS) is 13.6. The first-order valence-electron chi connectivity index (χ1n) is 10.5. The second kappa shape index (κ2) is 10.7. The number of halogens is 3. The third-order valence-electron chi connectivity index (χ3n) is 5.18. The fourth-order valence-corrected chi connectivity index (χ4v) is 3.81. The number of hydrazine groups is 2. The van der Waals surface area contributed by atoms with Crippen LogP contribution in [0.4, 0.5) is 24.5 Å². The van der Waals surface area contributed by atoms with Gasteiger partial charge in [-0.05, 0) is 36.8 Å². The molecular weight excluding hydrogens is 519 g/mol. The number of benzene rings is 2. The maximum Gasteiger partial charge on any atom is 0.416 e. The number of anilines is 2. The Labute approximate surface area is 210 Å². The molecule has 1 aliphatic rings.